The van der Waals surface area contributed by atoms with E-state index in [0.29, 0.717) is 30.0 Å². The summed E-state index contributed by atoms with van der Waals surface area (Å²) in [4.78, 5) is 24.4. The molecule has 1 aliphatic rings. The van der Waals surface area contributed by atoms with E-state index >= 15 is 0 Å². The molecule has 7 nitrogen and oxygen atoms in total. The van der Waals surface area contributed by atoms with E-state index in [-0.39, 0.29) is 17.4 Å². The summed E-state index contributed by atoms with van der Waals surface area (Å²) in [6.45, 7) is 3.90. The van der Waals surface area contributed by atoms with Crippen molar-refractivity contribution < 1.29 is 14.0 Å². The maximum Gasteiger partial charge on any atom is 0.254 e. The third-order valence-electron chi connectivity index (χ3n) is 4.90. The average molecular weight is 381 g/mol. The number of carbonyl (C=O) groups is 2. The normalized spacial score (nSPS) is 14.6. The van der Waals surface area contributed by atoms with Crippen molar-refractivity contribution in [3.63, 3.8) is 0 Å². The van der Waals surface area contributed by atoms with Crippen LogP contribution in [0.15, 0.2) is 36.5 Å². The second kappa shape index (κ2) is 7.03. The van der Waals surface area contributed by atoms with Gasteiger partial charge in [0.05, 0.1) is 11.6 Å². The molecule has 3 aromatic rings. The van der Waals surface area contributed by atoms with E-state index in [0.717, 1.165) is 5.56 Å². The van der Waals surface area contributed by atoms with Gasteiger partial charge in [-0.25, -0.2) is 4.39 Å². The van der Waals surface area contributed by atoms with Crippen LogP contribution in [0.4, 0.5) is 10.1 Å². The van der Waals surface area contributed by atoms with Gasteiger partial charge in [-0.3, -0.25) is 14.0 Å². The number of amides is 2. The standard InChI is InChI=1S/C20H20FN5O2/c1-11(2)18(19-25-24-16-5-3-4-8-26(16)19)23-20(28)13-9-12-6-7-17(27)22-15(12)10-14(13)21/h3-5,8-11,18H,6-7H2,1-2H3,(H,22,27)(H,23,28). The SMILES string of the molecule is CC(C)C(NC(=O)c1cc2c(cc1F)NC(=O)CC2)c1nnc2ccccn12. The number of benzene rings is 1. The van der Waals surface area contributed by atoms with Gasteiger partial charge in [0.15, 0.2) is 11.5 Å². The van der Waals surface area contributed by atoms with Gasteiger partial charge in [-0.1, -0.05) is 19.9 Å². The van der Waals surface area contributed by atoms with Gasteiger partial charge in [0.2, 0.25) is 5.91 Å². The van der Waals surface area contributed by atoms with E-state index in [1.54, 1.807) is 0 Å². The Morgan fingerprint density at radius 2 is 2.07 bits per heavy atom. The van der Waals surface area contributed by atoms with Crippen molar-refractivity contribution >= 4 is 23.1 Å². The van der Waals surface area contributed by atoms with Gasteiger partial charge in [-0.15, -0.1) is 10.2 Å². The van der Waals surface area contributed by atoms with Crippen molar-refractivity contribution in [2.24, 2.45) is 5.92 Å². The molecule has 2 amide bonds. The van der Waals surface area contributed by atoms with Crippen LogP contribution in [-0.2, 0) is 11.2 Å². The van der Waals surface area contributed by atoms with Crippen LogP contribution in [-0.4, -0.2) is 26.4 Å². The van der Waals surface area contributed by atoms with Crippen LogP contribution in [0.5, 0.6) is 0 Å². The lowest BCUT2D eigenvalue weighted by Gasteiger charge is -2.22. The molecule has 3 heterocycles. The molecule has 0 aliphatic carbocycles. The number of hydrogen-bond acceptors (Lipinski definition) is 4. The number of nitrogens with zero attached hydrogens (tertiary/aromatic N) is 3. The quantitative estimate of drug-likeness (QED) is 0.727. The summed E-state index contributed by atoms with van der Waals surface area (Å²) in [5, 5.41) is 13.9. The molecule has 8 heteroatoms. The molecule has 0 fully saturated rings. The minimum atomic E-state index is -0.674. The molecule has 1 aliphatic heterocycles. The largest absolute Gasteiger partial charge is 0.342 e. The lowest BCUT2D eigenvalue weighted by Crippen LogP contribution is -2.34. The lowest BCUT2D eigenvalue weighted by atomic mass is 9.98. The molecule has 0 saturated heterocycles. The van der Waals surface area contributed by atoms with Gasteiger partial charge in [-0.2, -0.15) is 0 Å². The highest BCUT2D eigenvalue weighted by molar-refractivity contribution is 5.98. The summed E-state index contributed by atoms with van der Waals surface area (Å²) in [6, 6.07) is 7.82. The molecule has 144 valence electrons. The number of carbonyl (C=O) groups excluding carboxylic acids is 2. The first-order chi connectivity index (χ1) is 13.4. The van der Waals surface area contributed by atoms with E-state index in [2.05, 4.69) is 20.8 Å². The predicted molar refractivity (Wildman–Crippen MR) is 101 cm³/mol. The zero-order valence-electron chi connectivity index (χ0n) is 15.6. The maximum absolute atomic E-state index is 14.6. The summed E-state index contributed by atoms with van der Waals surface area (Å²) in [7, 11) is 0. The van der Waals surface area contributed by atoms with Crippen LogP contribution < -0.4 is 10.6 Å². The number of nitrogens with one attached hydrogen (secondary N) is 2. The Bertz CT molecular complexity index is 1080. The number of aryl methyl sites for hydroxylation is 1. The van der Waals surface area contributed by atoms with E-state index in [9.17, 15) is 14.0 Å². The highest BCUT2D eigenvalue weighted by Crippen LogP contribution is 2.27. The van der Waals surface area contributed by atoms with Crippen molar-refractivity contribution in [3.05, 3.63) is 59.3 Å². The molecular weight excluding hydrogens is 361 g/mol. The van der Waals surface area contributed by atoms with E-state index in [4.69, 9.17) is 0 Å². The minimum absolute atomic E-state index is 0.0107. The van der Waals surface area contributed by atoms with Gasteiger partial charge in [0.1, 0.15) is 5.82 Å². The predicted octanol–water partition coefficient (Wildman–Crippen LogP) is 2.88. The fraction of sp³-hybridized carbons (Fsp3) is 0.300. The van der Waals surface area contributed by atoms with Crippen molar-refractivity contribution in [2.75, 3.05) is 5.32 Å². The molecule has 1 unspecified atom stereocenters. The first-order valence-corrected chi connectivity index (χ1v) is 9.17. The Morgan fingerprint density at radius 1 is 1.25 bits per heavy atom. The lowest BCUT2D eigenvalue weighted by molar-refractivity contribution is -0.116. The summed E-state index contributed by atoms with van der Waals surface area (Å²) in [5.74, 6) is -0.751. The molecule has 2 aromatic heterocycles. The second-order valence-corrected chi connectivity index (χ2v) is 7.22. The van der Waals surface area contributed by atoms with Crippen LogP contribution in [0.1, 0.15) is 48.1 Å². The number of aromatic nitrogens is 3. The Labute approximate surface area is 161 Å². The van der Waals surface area contributed by atoms with Gasteiger partial charge in [0.25, 0.3) is 5.91 Å². The summed E-state index contributed by atoms with van der Waals surface area (Å²) >= 11 is 0. The number of hydrogen-bond donors (Lipinski definition) is 2. The van der Waals surface area contributed by atoms with Crippen molar-refractivity contribution in [1.29, 1.82) is 0 Å². The molecule has 2 N–H and O–H groups in total. The topological polar surface area (TPSA) is 88.4 Å². The van der Waals surface area contributed by atoms with Crippen LogP contribution in [0, 0.1) is 11.7 Å². The van der Waals surface area contributed by atoms with E-state index in [1.165, 1.54) is 12.1 Å². The first kappa shape index (κ1) is 18.1. The van der Waals surface area contributed by atoms with E-state index < -0.39 is 17.8 Å². The molecule has 4 rings (SSSR count). The van der Waals surface area contributed by atoms with Crippen LogP contribution >= 0.6 is 0 Å². The van der Waals surface area contributed by atoms with E-state index in [1.807, 2.05) is 42.6 Å². The fourth-order valence-corrected chi connectivity index (χ4v) is 3.40. The molecule has 0 spiro atoms. The maximum atomic E-state index is 14.6. The average Bonchev–Trinajstić information content (AvgIpc) is 3.09. The molecule has 1 atom stereocenters. The number of halogens is 1. The molecule has 0 radical (unpaired) electrons. The second-order valence-electron chi connectivity index (χ2n) is 7.22. The van der Waals surface area contributed by atoms with Crippen LogP contribution in [0.3, 0.4) is 0 Å². The van der Waals surface area contributed by atoms with Crippen LogP contribution in [0.25, 0.3) is 5.65 Å². The van der Waals surface area contributed by atoms with Crippen molar-refractivity contribution in [3.8, 4) is 0 Å². The number of pyridine rings is 1. The van der Waals surface area contributed by atoms with Crippen LogP contribution in [0.2, 0.25) is 0 Å². The summed E-state index contributed by atoms with van der Waals surface area (Å²) in [5.41, 5.74) is 1.80. The third kappa shape index (κ3) is 3.21. The third-order valence-corrected chi connectivity index (χ3v) is 4.90. The Morgan fingerprint density at radius 3 is 2.86 bits per heavy atom. The monoisotopic (exact) mass is 381 g/mol. The van der Waals surface area contributed by atoms with Crippen molar-refractivity contribution in [1.82, 2.24) is 19.9 Å². The van der Waals surface area contributed by atoms with Crippen molar-refractivity contribution in [2.45, 2.75) is 32.7 Å². The smallest absolute Gasteiger partial charge is 0.254 e. The highest BCUT2D eigenvalue weighted by atomic mass is 19.1. The fourth-order valence-electron chi connectivity index (χ4n) is 3.40. The molecule has 0 saturated carbocycles. The Hall–Kier alpha value is -3.29. The molecule has 28 heavy (non-hydrogen) atoms. The van der Waals surface area contributed by atoms with Gasteiger partial charge >= 0.3 is 0 Å². The summed E-state index contributed by atoms with van der Waals surface area (Å²) < 4.78 is 16.4. The Balaban J connectivity index is 1.65. The number of anilines is 1. The van der Waals surface area contributed by atoms with Gasteiger partial charge < -0.3 is 10.6 Å². The molecular formula is C20H20FN5O2. The zero-order chi connectivity index (χ0) is 19.8. The first-order valence-electron chi connectivity index (χ1n) is 9.17. The highest BCUT2D eigenvalue weighted by Gasteiger charge is 2.26. The summed E-state index contributed by atoms with van der Waals surface area (Å²) in [6.07, 6.45) is 2.62. The molecule has 0 bridgehead atoms. The van der Waals surface area contributed by atoms with Gasteiger partial charge in [-0.05, 0) is 42.2 Å². The number of rotatable bonds is 4. The number of fused-ring (bicyclic) bond motifs is 2. The van der Waals surface area contributed by atoms with Gasteiger partial charge in [0, 0.05) is 18.3 Å². The minimum Gasteiger partial charge on any atom is -0.342 e. The molecule has 1 aromatic carbocycles. The Kier molecular flexibility index (Phi) is 4.54. The zero-order valence-corrected chi connectivity index (χ0v) is 15.6.